The smallest absolute Gasteiger partial charge is 0.315 e. The molecule has 0 aliphatic heterocycles. The highest BCUT2D eigenvalue weighted by Gasteiger charge is 2.27. The van der Waals surface area contributed by atoms with Crippen LogP contribution in [0.2, 0.25) is 0 Å². The van der Waals surface area contributed by atoms with Gasteiger partial charge in [0.25, 0.3) is 0 Å². The lowest BCUT2D eigenvalue weighted by atomic mass is 9.87. The molecule has 0 atom stereocenters. The first-order chi connectivity index (χ1) is 15.2. The van der Waals surface area contributed by atoms with Crippen molar-refractivity contribution < 1.29 is 18.4 Å². The summed E-state index contributed by atoms with van der Waals surface area (Å²) in [6, 6.07) is 14.3. The summed E-state index contributed by atoms with van der Waals surface area (Å²) in [5.74, 6) is 1.36. The fraction of sp³-hybridized carbons (Fsp3) is 0.333. The lowest BCUT2D eigenvalue weighted by Crippen LogP contribution is -2.47. The van der Waals surface area contributed by atoms with Crippen LogP contribution >= 0.6 is 0 Å². The first-order valence-electron chi connectivity index (χ1n) is 10.4. The lowest BCUT2D eigenvalue weighted by Gasteiger charge is -2.31. The van der Waals surface area contributed by atoms with Gasteiger partial charge in [-0.3, -0.25) is 0 Å². The van der Waals surface area contributed by atoms with Crippen LogP contribution in [0.4, 0.5) is 9.59 Å². The van der Waals surface area contributed by atoms with E-state index >= 15 is 0 Å². The van der Waals surface area contributed by atoms with E-state index in [4.69, 9.17) is 8.83 Å². The summed E-state index contributed by atoms with van der Waals surface area (Å²) in [7, 11) is 0. The van der Waals surface area contributed by atoms with Crippen LogP contribution in [0, 0.1) is 0 Å². The van der Waals surface area contributed by atoms with Gasteiger partial charge in [0.2, 0.25) is 0 Å². The van der Waals surface area contributed by atoms with E-state index in [-0.39, 0.29) is 12.1 Å². The number of benzene rings is 1. The van der Waals surface area contributed by atoms with E-state index in [0.29, 0.717) is 24.6 Å². The highest BCUT2D eigenvalue weighted by atomic mass is 16.3. The topological polar surface area (TPSA) is 109 Å². The van der Waals surface area contributed by atoms with Gasteiger partial charge >= 0.3 is 12.1 Å². The Bertz CT molecular complexity index is 945. The number of amides is 4. The van der Waals surface area contributed by atoms with Crippen molar-refractivity contribution in [3.8, 4) is 0 Å². The molecule has 2 heterocycles. The van der Waals surface area contributed by atoms with E-state index in [2.05, 4.69) is 21.3 Å². The van der Waals surface area contributed by atoms with Gasteiger partial charge in [-0.05, 0) is 63.1 Å². The van der Waals surface area contributed by atoms with Crippen molar-refractivity contribution >= 4 is 12.1 Å². The predicted molar refractivity (Wildman–Crippen MR) is 121 cm³/mol. The molecule has 32 heavy (non-hydrogen) atoms. The highest BCUT2D eigenvalue weighted by molar-refractivity contribution is 5.75. The summed E-state index contributed by atoms with van der Waals surface area (Å²) in [5.41, 5.74) is 0.546. The quantitative estimate of drug-likeness (QED) is 0.419. The van der Waals surface area contributed by atoms with Crippen molar-refractivity contribution in [2.45, 2.75) is 51.9 Å². The third-order valence-corrected chi connectivity index (χ3v) is 5.16. The largest absolute Gasteiger partial charge is 0.467 e. The number of carbonyl (C=O) groups excluding carboxylic acids is 2. The number of hydrogen-bond donors (Lipinski definition) is 4. The van der Waals surface area contributed by atoms with Crippen LogP contribution in [-0.4, -0.2) is 12.1 Å². The second-order valence-corrected chi connectivity index (χ2v) is 8.60. The monoisotopic (exact) mass is 438 g/mol. The van der Waals surface area contributed by atoms with Crippen LogP contribution in [0.5, 0.6) is 0 Å². The van der Waals surface area contributed by atoms with Gasteiger partial charge in [0.05, 0.1) is 36.7 Å². The Morgan fingerprint density at radius 1 is 0.719 bits per heavy atom. The Balaban J connectivity index is 1.61. The van der Waals surface area contributed by atoms with Gasteiger partial charge in [0.1, 0.15) is 11.5 Å². The number of carbonyl (C=O) groups is 2. The Hall–Kier alpha value is -3.68. The maximum Gasteiger partial charge on any atom is 0.315 e. The number of furan rings is 2. The summed E-state index contributed by atoms with van der Waals surface area (Å²) in [5, 5.41) is 11.6. The fourth-order valence-electron chi connectivity index (χ4n) is 3.26. The van der Waals surface area contributed by atoms with Gasteiger partial charge in [0.15, 0.2) is 0 Å². The number of urea groups is 2. The van der Waals surface area contributed by atoms with Crippen LogP contribution in [0.25, 0.3) is 0 Å². The van der Waals surface area contributed by atoms with Gasteiger partial charge in [-0.1, -0.05) is 24.3 Å². The van der Waals surface area contributed by atoms with E-state index in [1.54, 1.807) is 36.8 Å². The third-order valence-electron chi connectivity index (χ3n) is 5.16. The van der Waals surface area contributed by atoms with E-state index in [9.17, 15) is 9.59 Å². The van der Waals surface area contributed by atoms with Crippen molar-refractivity contribution in [1.82, 2.24) is 21.3 Å². The van der Waals surface area contributed by atoms with Crippen molar-refractivity contribution in [3.05, 3.63) is 83.7 Å². The normalized spacial score (nSPS) is 11.6. The minimum atomic E-state index is -0.638. The van der Waals surface area contributed by atoms with Crippen LogP contribution in [0.3, 0.4) is 0 Å². The maximum atomic E-state index is 12.4. The fourth-order valence-corrected chi connectivity index (χ4v) is 3.26. The second-order valence-electron chi connectivity index (χ2n) is 8.60. The molecule has 3 rings (SSSR count). The van der Waals surface area contributed by atoms with Gasteiger partial charge in [0, 0.05) is 0 Å². The van der Waals surface area contributed by atoms with Crippen molar-refractivity contribution in [3.63, 3.8) is 0 Å². The van der Waals surface area contributed by atoms with Crippen LogP contribution < -0.4 is 21.3 Å². The molecular weight excluding hydrogens is 408 g/mol. The van der Waals surface area contributed by atoms with Gasteiger partial charge in [-0.2, -0.15) is 0 Å². The van der Waals surface area contributed by atoms with E-state index in [1.807, 2.05) is 52.0 Å². The average Bonchev–Trinajstić information content (AvgIpc) is 3.44. The molecule has 3 aromatic rings. The van der Waals surface area contributed by atoms with Gasteiger partial charge < -0.3 is 30.1 Å². The molecular formula is C24H30N4O4. The Morgan fingerprint density at radius 2 is 1.16 bits per heavy atom. The molecule has 0 saturated carbocycles. The third kappa shape index (κ3) is 6.16. The maximum absolute atomic E-state index is 12.4. The zero-order valence-corrected chi connectivity index (χ0v) is 18.8. The molecule has 2 aromatic heterocycles. The van der Waals surface area contributed by atoms with Crippen molar-refractivity contribution in [2.24, 2.45) is 0 Å². The summed E-state index contributed by atoms with van der Waals surface area (Å²) in [6.45, 7) is 8.31. The standard InChI is InChI=1S/C24H30N4O4/c1-23(2,27-21(29)25-15-19-10-6-12-31-19)17-8-5-9-18(14-17)24(3,4)28-22(30)26-16-20-11-7-13-32-20/h5-14H,15-16H2,1-4H3,(H2,25,27,29)(H2,26,28,30). The lowest BCUT2D eigenvalue weighted by molar-refractivity contribution is 0.228. The van der Waals surface area contributed by atoms with Gasteiger partial charge in [-0.25, -0.2) is 9.59 Å². The van der Waals surface area contributed by atoms with Crippen LogP contribution in [-0.2, 0) is 24.2 Å². The number of hydrogen-bond acceptors (Lipinski definition) is 4. The summed E-state index contributed by atoms with van der Waals surface area (Å²) >= 11 is 0. The number of rotatable bonds is 8. The molecule has 0 aliphatic rings. The first kappa shape index (κ1) is 23.0. The van der Waals surface area contributed by atoms with E-state index in [1.165, 1.54) is 0 Å². The Morgan fingerprint density at radius 3 is 1.53 bits per heavy atom. The first-order valence-corrected chi connectivity index (χ1v) is 10.4. The van der Waals surface area contributed by atoms with Crippen LogP contribution in [0.1, 0.15) is 50.3 Å². The summed E-state index contributed by atoms with van der Waals surface area (Å²) < 4.78 is 10.5. The Kier molecular flexibility index (Phi) is 6.92. The van der Waals surface area contributed by atoms with E-state index in [0.717, 1.165) is 11.1 Å². The molecule has 170 valence electrons. The molecule has 0 spiro atoms. The second kappa shape index (κ2) is 9.64. The predicted octanol–water partition coefficient (Wildman–Crippen LogP) is 4.34. The molecule has 0 radical (unpaired) electrons. The molecule has 0 fully saturated rings. The Labute approximate surface area is 187 Å². The SMILES string of the molecule is CC(C)(NC(=O)NCc1ccco1)c1cccc(C(C)(C)NC(=O)NCc2ccco2)c1. The minimum Gasteiger partial charge on any atom is -0.467 e. The molecule has 0 saturated heterocycles. The molecule has 8 heteroatoms. The van der Waals surface area contributed by atoms with Crippen molar-refractivity contribution in [2.75, 3.05) is 0 Å². The molecule has 4 N–H and O–H groups in total. The van der Waals surface area contributed by atoms with Gasteiger partial charge in [-0.15, -0.1) is 0 Å². The summed E-state index contributed by atoms with van der Waals surface area (Å²) in [4.78, 5) is 24.8. The van der Waals surface area contributed by atoms with Crippen LogP contribution in [0.15, 0.2) is 69.9 Å². The zero-order valence-electron chi connectivity index (χ0n) is 18.8. The molecule has 4 amide bonds. The molecule has 0 bridgehead atoms. The molecule has 0 unspecified atom stereocenters. The average molecular weight is 439 g/mol. The minimum absolute atomic E-state index is 0.300. The highest BCUT2D eigenvalue weighted by Crippen LogP contribution is 2.26. The van der Waals surface area contributed by atoms with E-state index < -0.39 is 11.1 Å². The zero-order chi connectivity index (χ0) is 23.2. The molecule has 0 aliphatic carbocycles. The molecule has 1 aromatic carbocycles. The number of nitrogens with one attached hydrogen (secondary N) is 4. The summed E-state index contributed by atoms with van der Waals surface area (Å²) in [6.07, 6.45) is 3.13. The molecule has 8 nitrogen and oxygen atoms in total. The van der Waals surface area contributed by atoms with Crippen molar-refractivity contribution in [1.29, 1.82) is 0 Å².